The van der Waals surface area contributed by atoms with Gasteiger partial charge >= 0.3 is 0 Å². The first-order valence-corrected chi connectivity index (χ1v) is 7.39. The predicted molar refractivity (Wildman–Crippen MR) is 85.7 cm³/mol. The van der Waals surface area contributed by atoms with Crippen LogP contribution in [0.25, 0.3) is 10.2 Å². The Morgan fingerprint density at radius 2 is 2.09 bits per heavy atom. The van der Waals surface area contributed by atoms with Gasteiger partial charge in [0.25, 0.3) is 11.6 Å². The zero-order valence-corrected chi connectivity index (χ0v) is 12.5. The van der Waals surface area contributed by atoms with Crippen LogP contribution >= 0.6 is 22.9 Å². The zero-order chi connectivity index (χ0) is 15.7. The molecule has 22 heavy (non-hydrogen) atoms. The van der Waals surface area contributed by atoms with E-state index in [1.54, 1.807) is 17.6 Å². The molecule has 1 aromatic heterocycles. The first-order chi connectivity index (χ1) is 10.5. The van der Waals surface area contributed by atoms with Gasteiger partial charge in [-0.05, 0) is 24.3 Å². The third kappa shape index (κ3) is 2.76. The van der Waals surface area contributed by atoms with Crippen molar-refractivity contribution in [1.82, 2.24) is 4.98 Å². The number of halogens is 1. The summed E-state index contributed by atoms with van der Waals surface area (Å²) in [5, 5.41) is 13.6. The number of rotatable bonds is 3. The Morgan fingerprint density at radius 1 is 1.27 bits per heavy atom. The van der Waals surface area contributed by atoms with Gasteiger partial charge in [-0.25, -0.2) is 4.98 Å². The van der Waals surface area contributed by atoms with Gasteiger partial charge in [0.1, 0.15) is 0 Å². The number of nitrogens with zero attached hydrogens (tertiary/aromatic N) is 2. The van der Waals surface area contributed by atoms with Crippen LogP contribution < -0.4 is 5.32 Å². The average Bonchev–Trinajstić information content (AvgIpc) is 2.94. The van der Waals surface area contributed by atoms with Crippen LogP contribution in [0.5, 0.6) is 0 Å². The average molecular weight is 334 g/mol. The maximum Gasteiger partial charge on any atom is 0.270 e. The van der Waals surface area contributed by atoms with Gasteiger partial charge in [-0.1, -0.05) is 11.6 Å². The van der Waals surface area contributed by atoms with Crippen LogP contribution in [0.3, 0.4) is 0 Å². The molecule has 1 N–H and O–H groups in total. The van der Waals surface area contributed by atoms with Gasteiger partial charge in [0.15, 0.2) is 0 Å². The number of benzene rings is 2. The van der Waals surface area contributed by atoms with Gasteiger partial charge in [-0.3, -0.25) is 14.9 Å². The Balaban J connectivity index is 1.90. The van der Waals surface area contributed by atoms with Gasteiger partial charge in [-0.15, -0.1) is 11.3 Å². The van der Waals surface area contributed by atoms with Crippen molar-refractivity contribution in [2.75, 3.05) is 5.32 Å². The number of thiazole rings is 1. The zero-order valence-electron chi connectivity index (χ0n) is 10.9. The first kappa shape index (κ1) is 14.4. The van der Waals surface area contributed by atoms with Gasteiger partial charge in [-0.2, -0.15) is 0 Å². The van der Waals surface area contributed by atoms with E-state index in [0.29, 0.717) is 5.69 Å². The fourth-order valence-corrected chi connectivity index (χ4v) is 2.80. The SMILES string of the molecule is O=C(Nc1ccc2scnc2c1)c1cc([N+](=O)[O-])ccc1Cl. The molecule has 2 aromatic carbocycles. The Labute approximate surface area is 133 Å². The second-order valence-electron chi connectivity index (χ2n) is 4.41. The van der Waals surface area contributed by atoms with Gasteiger partial charge < -0.3 is 5.32 Å². The highest BCUT2D eigenvalue weighted by Crippen LogP contribution is 2.25. The molecule has 8 heteroatoms. The molecule has 0 saturated heterocycles. The molecule has 0 aliphatic carbocycles. The molecule has 3 rings (SSSR count). The topological polar surface area (TPSA) is 85.1 Å². The number of fused-ring (bicyclic) bond motifs is 1. The number of nitrogens with one attached hydrogen (secondary N) is 1. The lowest BCUT2D eigenvalue weighted by molar-refractivity contribution is -0.384. The molecule has 1 amide bonds. The molecule has 0 atom stereocenters. The van der Waals surface area contributed by atoms with Crippen molar-refractivity contribution in [1.29, 1.82) is 0 Å². The minimum Gasteiger partial charge on any atom is -0.322 e. The summed E-state index contributed by atoms with van der Waals surface area (Å²) in [6.45, 7) is 0. The number of nitro groups is 1. The maximum atomic E-state index is 12.2. The van der Waals surface area contributed by atoms with Crippen molar-refractivity contribution < 1.29 is 9.72 Å². The molecule has 1 heterocycles. The van der Waals surface area contributed by atoms with Crippen LogP contribution in [0.2, 0.25) is 5.02 Å². The largest absolute Gasteiger partial charge is 0.322 e. The molecule has 0 fully saturated rings. The van der Waals surface area contributed by atoms with Crippen LogP contribution in [0.15, 0.2) is 41.9 Å². The van der Waals surface area contributed by atoms with Crippen molar-refractivity contribution >= 4 is 50.4 Å². The molecule has 0 aliphatic rings. The number of carbonyl (C=O) groups excluding carboxylic acids is 1. The number of amides is 1. The van der Waals surface area contributed by atoms with E-state index in [9.17, 15) is 14.9 Å². The highest BCUT2D eigenvalue weighted by Gasteiger charge is 2.16. The van der Waals surface area contributed by atoms with E-state index in [-0.39, 0.29) is 16.3 Å². The molecule has 110 valence electrons. The van der Waals surface area contributed by atoms with Gasteiger partial charge in [0, 0.05) is 17.8 Å². The van der Waals surface area contributed by atoms with E-state index in [4.69, 9.17) is 11.6 Å². The summed E-state index contributed by atoms with van der Waals surface area (Å²) in [7, 11) is 0. The number of aromatic nitrogens is 1. The molecule has 0 saturated carbocycles. The van der Waals surface area contributed by atoms with Crippen molar-refractivity contribution in [3.05, 3.63) is 62.6 Å². The maximum absolute atomic E-state index is 12.2. The van der Waals surface area contributed by atoms with Crippen LogP contribution in [-0.4, -0.2) is 15.8 Å². The molecule has 3 aromatic rings. The Kier molecular flexibility index (Phi) is 3.74. The van der Waals surface area contributed by atoms with Gasteiger partial charge in [0.2, 0.25) is 0 Å². The minimum atomic E-state index is -0.575. The van der Waals surface area contributed by atoms with Crippen molar-refractivity contribution in [3.63, 3.8) is 0 Å². The lowest BCUT2D eigenvalue weighted by Gasteiger charge is -2.06. The molecule has 0 radical (unpaired) electrons. The number of anilines is 1. The van der Waals surface area contributed by atoms with Crippen LogP contribution in [0, 0.1) is 10.1 Å². The molecule has 0 bridgehead atoms. The van der Waals surface area contributed by atoms with E-state index in [0.717, 1.165) is 16.3 Å². The first-order valence-electron chi connectivity index (χ1n) is 6.13. The van der Waals surface area contributed by atoms with Gasteiger partial charge in [0.05, 0.1) is 31.2 Å². The summed E-state index contributed by atoms with van der Waals surface area (Å²) >= 11 is 7.44. The Morgan fingerprint density at radius 3 is 2.86 bits per heavy atom. The summed E-state index contributed by atoms with van der Waals surface area (Å²) in [4.78, 5) is 26.6. The number of carbonyl (C=O) groups is 1. The number of hydrogen-bond donors (Lipinski definition) is 1. The fourth-order valence-electron chi connectivity index (χ4n) is 1.93. The Hall–Kier alpha value is -2.51. The molecular weight excluding hydrogens is 326 g/mol. The van der Waals surface area contributed by atoms with Crippen LogP contribution in [-0.2, 0) is 0 Å². The summed E-state index contributed by atoms with van der Waals surface area (Å²) in [6, 6.07) is 9.05. The summed E-state index contributed by atoms with van der Waals surface area (Å²) < 4.78 is 1.01. The number of hydrogen-bond acceptors (Lipinski definition) is 5. The second kappa shape index (κ2) is 5.70. The van der Waals surface area contributed by atoms with E-state index in [2.05, 4.69) is 10.3 Å². The lowest BCUT2D eigenvalue weighted by Crippen LogP contribution is -2.12. The summed E-state index contributed by atoms with van der Waals surface area (Å²) in [6.07, 6.45) is 0. The highest BCUT2D eigenvalue weighted by molar-refractivity contribution is 7.16. The Bertz CT molecular complexity index is 894. The predicted octanol–water partition coefficient (Wildman–Crippen LogP) is 4.11. The monoisotopic (exact) mass is 333 g/mol. The van der Waals surface area contributed by atoms with Crippen LogP contribution in [0.1, 0.15) is 10.4 Å². The number of nitro benzene ring substituents is 1. The van der Waals surface area contributed by atoms with E-state index in [1.807, 2.05) is 6.07 Å². The van der Waals surface area contributed by atoms with Crippen molar-refractivity contribution in [2.45, 2.75) is 0 Å². The normalized spacial score (nSPS) is 10.6. The summed E-state index contributed by atoms with van der Waals surface area (Å²) in [5.74, 6) is -0.511. The number of non-ortho nitro benzene ring substituents is 1. The minimum absolute atomic E-state index is 0.0502. The molecule has 0 aliphatic heterocycles. The standard InChI is InChI=1S/C14H8ClN3O3S/c15-11-3-2-9(18(20)21)6-10(11)14(19)17-8-1-4-13-12(5-8)16-7-22-13/h1-7H,(H,17,19). The molecular formula is C14H8ClN3O3S. The molecule has 6 nitrogen and oxygen atoms in total. The third-order valence-corrected chi connectivity index (χ3v) is 4.13. The smallest absolute Gasteiger partial charge is 0.270 e. The van der Waals surface area contributed by atoms with E-state index in [1.165, 1.54) is 23.5 Å². The van der Waals surface area contributed by atoms with Crippen molar-refractivity contribution in [2.24, 2.45) is 0 Å². The van der Waals surface area contributed by atoms with Crippen LogP contribution in [0.4, 0.5) is 11.4 Å². The van der Waals surface area contributed by atoms with E-state index < -0.39 is 10.8 Å². The van der Waals surface area contributed by atoms with E-state index >= 15 is 0 Å². The quantitative estimate of drug-likeness (QED) is 0.577. The highest BCUT2D eigenvalue weighted by atomic mass is 35.5. The van der Waals surface area contributed by atoms with Crippen molar-refractivity contribution in [3.8, 4) is 0 Å². The third-order valence-electron chi connectivity index (χ3n) is 2.99. The second-order valence-corrected chi connectivity index (χ2v) is 5.70. The molecule has 0 spiro atoms. The summed E-state index contributed by atoms with van der Waals surface area (Å²) in [5.41, 5.74) is 2.89. The molecule has 0 unspecified atom stereocenters. The lowest BCUT2D eigenvalue weighted by atomic mass is 10.2. The fraction of sp³-hybridized carbons (Fsp3) is 0.